The highest BCUT2D eigenvalue weighted by molar-refractivity contribution is 5.97. The van der Waals surface area contributed by atoms with Gasteiger partial charge in [0.2, 0.25) is 11.9 Å². The lowest BCUT2D eigenvalue weighted by Crippen LogP contribution is -2.64. The van der Waals surface area contributed by atoms with E-state index in [0.717, 1.165) is 13.0 Å². The van der Waals surface area contributed by atoms with Crippen LogP contribution < -0.4 is 11.1 Å². The topological polar surface area (TPSA) is 66.0 Å². The molecule has 6 heteroatoms. The van der Waals surface area contributed by atoms with Crippen molar-refractivity contribution in [3.63, 3.8) is 0 Å². The number of unbranched alkanes of at least 4 members (excludes halogenated alkanes) is 10. The molecule has 0 unspecified atom stereocenters. The summed E-state index contributed by atoms with van der Waals surface area (Å²) in [5.41, 5.74) is 5.88. The third-order valence-electron chi connectivity index (χ3n) is 4.79. The monoisotopic (exact) mass is 373 g/mol. The first-order valence-electron chi connectivity index (χ1n) is 9.88. The van der Waals surface area contributed by atoms with Crippen molar-refractivity contribution in [3.05, 3.63) is 0 Å². The minimum absolute atomic E-state index is 0. The lowest BCUT2D eigenvalue weighted by molar-refractivity contribution is 0.182. The summed E-state index contributed by atoms with van der Waals surface area (Å²) >= 11 is 0. The van der Waals surface area contributed by atoms with Crippen LogP contribution in [0.25, 0.3) is 0 Å². The predicted octanol–water partition coefficient (Wildman–Crippen LogP) is 4.66. The smallest absolute Gasteiger partial charge is 0.222 e. The molecule has 5 nitrogen and oxygen atoms in total. The Morgan fingerprint density at radius 1 is 0.960 bits per heavy atom. The fourth-order valence-corrected chi connectivity index (χ4v) is 3.26. The predicted molar refractivity (Wildman–Crippen MR) is 113 cm³/mol. The van der Waals surface area contributed by atoms with Gasteiger partial charge in [0.1, 0.15) is 5.66 Å². The number of hydrogen-bond acceptors (Lipinski definition) is 3. The van der Waals surface area contributed by atoms with E-state index >= 15 is 0 Å². The molecule has 0 spiro atoms. The van der Waals surface area contributed by atoms with E-state index in [2.05, 4.69) is 41.0 Å². The molecule has 3 N–H and O–H groups in total. The molecule has 25 heavy (non-hydrogen) atoms. The molecule has 0 radical (unpaired) electrons. The lowest BCUT2D eigenvalue weighted by Gasteiger charge is -2.43. The number of nitrogens with zero attached hydrogens (tertiary/aromatic N) is 3. The Labute approximate surface area is 161 Å². The van der Waals surface area contributed by atoms with E-state index in [4.69, 9.17) is 5.73 Å². The molecule has 0 saturated heterocycles. The van der Waals surface area contributed by atoms with Crippen molar-refractivity contribution in [2.24, 2.45) is 15.7 Å². The number of halogens is 1. The molecule has 1 rings (SSSR count). The van der Waals surface area contributed by atoms with Crippen molar-refractivity contribution < 1.29 is 0 Å². The van der Waals surface area contributed by atoms with Gasteiger partial charge in [0, 0.05) is 13.6 Å². The van der Waals surface area contributed by atoms with Crippen molar-refractivity contribution >= 4 is 24.3 Å². The zero-order chi connectivity index (χ0) is 17.8. The fraction of sp³-hybridized carbons (Fsp3) is 0.895. The minimum Gasteiger partial charge on any atom is -0.369 e. The Hall–Kier alpha value is -0.970. The van der Waals surface area contributed by atoms with Gasteiger partial charge in [0.25, 0.3) is 0 Å². The van der Waals surface area contributed by atoms with Crippen LogP contribution in [0.4, 0.5) is 0 Å². The summed E-state index contributed by atoms with van der Waals surface area (Å²) in [7, 11) is 1.73. The van der Waals surface area contributed by atoms with E-state index in [0.29, 0.717) is 11.9 Å². The third kappa shape index (κ3) is 9.34. The maximum Gasteiger partial charge on any atom is 0.222 e. The number of rotatable bonds is 12. The second kappa shape index (κ2) is 13.3. The zero-order valence-corrected chi connectivity index (χ0v) is 17.6. The molecule has 0 aromatic rings. The first-order chi connectivity index (χ1) is 11.5. The number of nitrogens with two attached hydrogens (primary N) is 1. The van der Waals surface area contributed by atoms with Gasteiger partial charge in [-0.15, -0.1) is 12.4 Å². The van der Waals surface area contributed by atoms with E-state index in [-0.39, 0.29) is 18.1 Å². The number of nitrogens with one attached hydrogen (secondary N) is 1. The van der Waals surface area contributed by atoms with Gasteiger partial charge in [-0.25, -0.2) is 0 Å². The highest BCUT2D eigenvalue weighted by Gasteiger charge is 2.32. The van der Waals surface area contributed by atoms with Gasteiger partial charge in [0.05, 0.1) is 0 Å². The van der Waals surface area contributed by atoms with Crippen LogP contribution in [0.5, 0.6) is 0 Å². The molecule has 1 aliphatic rings. The Morgan fingerprint density at radius 2 is 1.44 bits per heavy atom. The molecule has 0 atom stereocenters. The molecule has 148 valence electrons. The van der Waals surface area contributed by atoms with Gasteiger partial charge in [0.15, 0.2) is 0 Å². The summed E-state index contributed by atoms with van der Waals surface area (Å²) in [6, 6.07) is 0. The van der Waals surface area contributed by atoms with E-state index in [1.54, 1.807) is 7.05 Å². The molecule has 0 aliphatic carbocycles. The van der Waals surface area contributed by atoms with Crippen LogP contribution in [-0.4, -0.2) is 36.1 Å². The third-order valence-corrected chi connectivity index (χ3v) is 4.79. The summed E-state index contributed by atoms with van der Waals surface area (Å²) in [4.78, 5) is 10.6. The van der Waals surface area contributed by atoms with Gasteiger partial charge in [-0.05, 0) is 20.3 Å². The van der Waals surface area contributed by atoms with Gasteiger partial charge < -0.3 is 16.0 Å². The first-order valence-corrected chi connectivity index (χ1v) is 9.88. The summed E-state index contributed by atoms with van der Waals surface area (Å²) in [5, 5.41) is 3.32. The number of aliphatic imine (C=N–C) groups is 2. The van der Waals surface area contributed by atoms with Crippen molar-refractivity contribution in [3.8, 4) is 0 Å². The Balaban J connectivity index is 0.00000576. The van der Waals surface area contributed by atoms with Crippen LogP contribution in [0, 0.1) is 0 Å². The molecule has 1 aliphatic heterocycles. The maximum absolute atomic E-state index is 6.11. The average Bonchev–Trinajstić information content (AvgIpc) is 2.53. The normalized spacial score (nSPS) is 17.8. The van der Waals surface area contributed by atoms with Crippen LogP contribution in [-0.2, 0) is 0 Å². The Morgan fingerprint density at radius 3 is 1.88 bits per heavy atom. The van der Waals surface area contributed by atoms with Crippen LogP contribution in [0.15, 0.2) is 9.98 Å². The molecule has 0 bridgehead atoms. The first kappa shape index (κ1) is 24.0. The van der Waals surface area contributed by atoms with Crippen LogP contribution >= 0.6 is 12.4 Å². The number of guanidine groups is 2. The van der Waals surface area contributed by atoms with Crippen LogP contribution in [0.2, 0.25) is 0 Å². The summed E-state index contributed by atoms with van der Waals surface area (Å²) in [6.07, 6.45) is 14.9. The average molecular weight is 374 g/mol. The molecule has 0 aromatic carbocycles. The largest absolute Gasteiger partial charge is 0.369 e. The SMILES string of the molecule is CCCCCCCCCCCCCN1C(N)=NC(=NC)NC1(C)C.Cl. The van der Waals surface area contributed by atoms with Crippen molar-refractivity contribution in [2.75, 3.05) is 13.6 Å². The van der Waals surface area contributed by atoms with Crippen molar-refractivity contribution in [2.45, 2.75) is 97.1 Å². The standard InChI is InChI=1S/C19H39N5.ClH/c1-5-6-7-8-9-10-11-12-13-14-15-16-24-17(20)22-18(21-4)23-19(24,2)3;/h5-16H2,1-4H3,(H3,20,21,22,23);1H. The minimum atomic E-state index is -0.223. The molecule has 0 aromatic heterocycles. The van der Waals surface area contributed by atoms with Gasteiger partial charge >= 0.3 is 0 Å². The van der Waals surface area contributed by atoms with E-state index < -0.39 is 0 Å². The molecular formula is C19H40ClN5. The summed E-state index contributed by atoms with van der Waals surface area (Å²) in [6.45, 7) is 7.47. The van der Waals surface area contributed by atoms with E-state index in [1.165, 1.54) is 64.2 Å². The van der Waals surface area contributed by atoms with E-state index in [9.17, 15) is 0 Å². The van der Waals surface area contributed by atoms with E-state index in [1.807, 2.05) is 0 Å². The molecular weight excluding hydrogens is 334 g/mol. The molecule has 0 fully saturated rings. The highest BCUT2D eigenvalue weighted by Crippen LogP contribution is 2.17. The summed E-state index contributed by atoms with van der Waals surface area (Å²) < 4.78 is 0. The highest BCUT2D eigenvalue weighted by atomic mass is 35.5. The molecule has 1 heterocycles. The Kier molecular flexibility index (Phi) is 12.7. The fourth-order valence-electron chi connectivity index (χ4n) is 3.26. The van der Waals surface area contributed by atoms with Crippen molar-refractivity contribution in [1.29, 1.82) is 0 Å². The van der Waals surface area contributed by atoms with Gasteiger partial charge in [-0.2, -0.15) is 4.99 Å². The lowest BCUT2D eigenvalue weighted by atomic mass is 10.1. The molecule has 0 saturated carbocycles. The summed E-state index contributed by atoms with van der Waals surface area (Å²) in [5.74, 6) is 1.19. The maximum atomic E-state index is 6.11. The quantitative estimate of drug-likeness (QED) is 0.489. The number of hydrogen-bond donors (Lipinski definition) is 2. The van der Waals surface area contributed by atoms with Gasteiger partial charge in [-0.1, -0.05) is 71.1 Å². The zero-order valence-electron chi connectivity index (χ0n) is 16.8. The van der Waals surface area contributed by atoms with Gasteiger partial charge in [-0.3, -0.25) is 4.99 Å². The van der Waals surface area contributed by atoms with Crippen LogP contribution in [0.3, 0.4) is 0 Å². The molecule has 0 amide bonds. The second-order valence-electron chi connectivity index (χ2n) is 7.39. The second-order valence-corrected chi connectivity index (χ2v) is 7.39. The Bertz CT molecular complexity index is 407. The van der Waals surface area contributed by atoms with Crippen LogP contribution in [0.1, 0.15) is 91.4 Å². The van der Waals surface area contributed by atoms with Crippen molar-refractivity contribution in [1.82, 2.24) is 10.2 Å².